The highest BCUT2D eigenvalue weighted by molar-refractivity contribution is 5.89. The van der Waals surface area contributed by atoms with Crippen molar-refractivity contribution in [1.29, 1.82) is 0 Å². The van der Waals surface area contributed by atoms with Gasteiger partial charge in [-0.1, -0.05) is 68.5 Å². The van der Waals surface area contributed by atoms with E-state index < -0.39 is 0 Å². The number of para-hydroxylation sites is 2. The van der Waals surface area contributed by atoms with E-state index in [1.807, 2.05) is 13.8 Å². The van der Waals surface area contributed by atoms with Crippen LogP contribution >= 0.6 is 0 Å². The molecule has 0 amide bonds. The molecule has 0 aliphatic heterocycles. The predicted octanol–water partition coefficient (Wildman–Crippen LogP) is 10.4. The summed E-state index contributed by atoms with van der Waals surface area (Å²) in [6.45, 7) is 9.46. The number of nitrogens with one attached hydrogen (secondary N) is 1. The second-order valence-electron chi connectivity index (χ2n) is 15.5. The number of anilines is 3. The first-order valence-electron chi connectivity index (χ1n) is 20.2. The lowest BCUT2D eigenvalue weighted by atomic mass is 9.99. The molecule has 0 aliphatic carbocycles. The summed E-state index contributed by atoms with van der Waals surface area (Å²) in [5.74, 6) is 0. The second kappa shape index (κ2) is 16.0. The van der Waals surface area contributed by atoms with Crippen LogP contribution in [0.3, 0.4) is 0 Å². The van der Waals surface area contributed by atoms with Gasteiger partial charge in [0.25, 0.3) is 0 Å². The maximum absolute atomic E-state index is 6.41. The van der Waals surface area contributed by atoms with Crippen LogP contribution in [0.4, 0.5) is 17.1 Å². The van der Waals surface area contributed by atoms with Crippen molar-refractivity contribution in [3.05, 3.63) is 137 Å². The fraction of sp³-hybridized carbons (Fsp3) is 0.265. The smallest absolute Gasteiger partial charge is 0.242 e. The Morgan fingerprint density at radius 1 is 0.500 bits per heavy atom. The number of fused-ring (bicyclic) bond motifs is 4. The molecule has 0 radical (unpaired) electrons. The second-order valence-corrected chi connectivity index (χ2v) is 15.5. The molecule has 56 heavy (non-hydrogen) atoms. The van der Waals surface area contributed by atoms with E-state index in [0.717, 1.165) is 103 Å². The Morgan fingerprint density at radius 3 is 1.62 bits per heavy atom. The van der Waals surface area contributed by atoms with Crippen LogP contribution in [0.5, 0.6) is 0 Å². The van der Waals surface area contributed by atoms with Gasteiger partial charge in [0.2, 0.25) is 33.4 Å². The Labute approximate surface area is 330 Å². The lowest BCUT2D eigenvalue weighted by Crippen LogP contribution is -2.34. The van der Waals surface area contributed by atoms with E-state index in [0.29, 0.717) is 0 Å². The SMILES string of the molecule is Cc1cc2nc3cc(C)c(CCCCCCCCCNc4ccc5nc6cc(C)c(N)cc6[n+](-c6ccccc6)c5c4C)cc3[n+](-c3ccccc3)c2cc1N. The standard InChI is InChI=1S/C49H51N7/c1-32-26-43-46(55(37-19-13-10-14-20-37)47-30-39(50)33(2)27-44(47)54-43)29-36(32)18-12-8-6-5-7-9-17-25-52-41-23-24-42-49(35(41)4)56(38-21-15-11-16-22-38)48-31-40(51)34(3)28-45(48)53-42/h10-11,13-16,19-24,26-31,50H,5-9,12,17-18,25H2,1-4H3,(H2,51,52)/p+2. The third-order valence-corrected chi connectivity index (χ3v) is 11.5. The van der Waals surface area contributed by atoms with Gasteiger partial charge in [-0.15, -0.1) is 9.13 Å². The molecule has 2 aromatic heterocycles. The van der Waals surface area contributed by atoms with Gasteiger partial charge in [-0.2, -0.15) is 0 Å². The van der Waals surface area contributed by atoms with Crippen LogP contribution in [0.25, 0.3) is 55.5 Å². The highest BCUT2D eigenvalue weighted by atomic mass is 15.0. The summed E-state index contributed by atoms with van der Waals surface area (Å²) in [4.78, 5) is 10.2. The molecule has 0 saturated heterocycles. The van der Waals surface area contributed by atoms with Gasteiger partial charge in [0.05, 0.1) is 0 Å². The number of unbranched alkanes of at least 4 members (excludes halogenated alkanes) is 6. The molecular weight excluding hydrogens is 687 g/mol. The fourth-order valence-corrected chi connectivity index (χ4v) is 8.20. The summed E-state index contributed by atoms with van der Waals surface area (Å²) in [5, 5.41) is 3.75. The van der Waals surface area contributed by atoms with Gasteiger partial charge in [0.15, 0.2) is 0 Å². The number of nitrogens with two attached hydrogens (primary N) is 2. The highest BCUT2D eigenvalue weighted by Gasteiger charge is 2.24. The maximum atomic E-state index is 6.41. The lowest BCUT2D eigenvalue weighted by molar-refractivity contribution is -0.538. The number of nitrogen functional groups attached to an aromatic ring is 2. The molecule has 8 rings (SSSR count). The van der Waals surface area contributed by atoms with Crippen molar-refractivity contribution in [1.82, 2.24) is 9.97 Å². The van der Waals surface area contributed by atoms with E-state index >= 15 is 0 Å². The summed E-state index contributed by atoms with van der Waals surface area (Å²) in [5.41, 5.74) is 31.9. The van der Waals surface area contributed by atoms with Gasteiger partial charge < -0.3 is 16.8 Å². The third-order valence-electron chi connectivity index (χ3n) is 11.5. The lowest BCUT2D eigenvalue weighted by Gasteiger charge is -2.13. The van der Waals surface area contributed by atoms with Crippen LogP contribution in [-0.2, 0) is 6.42 Å². The normalized spacial score (nSPS) is 11.6. The zero-order chi connectivity index (χ0) is 38.8. The topological polar surface area (TPSA) is 97.6 Å². The number of benzene rings is 6. The molecule has 0 unspecified atom stereocenters. The average molecular weight is 740 g/mol. The summed E-state index contributed by atoms with van der Waals surface area (Å²) >= 11 is 0. The Morgan fingerprint density at radius 2 is 1.00 bits per heavy atom. The Kier molecular flexibility index (Phi) is 10.5. The van der Waals surface area contributed by atoms with Crippen LogP contribution in [0.15, 0.2) is 109 Å². The minimum absolute atomic E-state index is 0.778. The van der Waals surface area contributed by atoms with E-state index in [9.17, 15) is 0 Å². The summed E-state index contributed by atoms with van der Waals surface area (Å²) in [6.07, 6.45) is 9.67. The van der Waals surface area contributed by atoms with E-state index in [1.54, 1.807) is 0 Å². The number of hydrogen-bond donors (Lipinski definition) is 3. The number of aryl methyl sites for hydroxylation is 5. The van der Waals surface area contributed by atoms with Crippen molar-refractivity contribution >= 4 is 61.2 Å². The molecule has 2 heterocycles. The highest BCUT2D eigenvalue weighted by Crippen LogP contribution is 2.29. The molecule has 7 nitrogen and oxygen atoms in total. The summed E-state index contributed by atoms with van der Waals surface area (Å²) in [7, 11) is 0. The predicted molar refractivity (Wildman–Crippen MR) is 234 cm³/mol. The third kappa shape index (κ3) is 7.34. The molecule has 0 fully saturated rings. The van der Waals surface area contributed by atoms with Crippen molar-refractivity contribution < 1.29 is 9.13 Å². The van der Waals surface area contributed by atoms with Gasteiger partial charge in [-0.25, -0.2) is 9.97 Å². The van der Waals surface area contributed by atoms with Gasteiger partial charge in [-0.05, 0) is 99.5 Å². The van der Waals surface area contributed by atoms with Gasteiger partial charge >= 0.3 is 0 Å². The minimum Gasteiger partial charge on any atom is -0.398 e. The van der Waals surface area contributed by atoms with Gasteiger partial charge in [0, 0.05) is 71.6 Å². The van der Waals surface area contributed by atoms with E-state index in [-0.39, 0.29) is 0 Å². The minimum atomic E-state index is 0.778. The zero-order valence-corrected chi connectivity index (χ0v) is 33.2. The first kappa shape index (κ1) is 36.9. The van der Waals surface area contributed by atoms with Crippen molar-refractivity contribution in [2.45, 2.75) is 79.1 Å². The van der Waals surface area contributed by atoms with E-state index in [2.05, 4.69) is 137 Å². The molecule has 0 aliphatic rings. The van der Waals surface area contributed by atoms with Crippen LogP contribution < -0.4 is 25.9 Å². The molecule has 7 heteroatoms. The van der Waals surface area contributed by atoms with Crippen molar-refractivity contribution in [2.24, 2.45) is 0 Å². The molecule has 282 valence electrons. The Balaban J connectivity index is 0.869. The maximum Gasteiger partial charge on any atom is 0.242 e. The number of hydrogen-bond acceptors (Lipinski definition) is 5. The largest absolute Gasteiger partial charge is 0.398 e. The number of rotatable bonds is 13. The average Bonchev–Trinajstić information content (AvgIpc) is 3.20. The first-order chi connectivity index (χ1) is 27.3. The quantitative estimate of drug-likeness (QED) is 0.0473. The molecule has 0 spiro atoms. The molecule has 5 N–H and O–H groups in total. The monoisotopic (exact) mass is 739 g/mol. The zero-order valence-electron chi connectivity index (χ0n) is 33.2. The van der Waals surface area contributed by atoms with E-state index in [1.165, 1.54) is 55.2 Å². The molecule has 0 bridgehead atoms. The fourth-order valence-electron chi connectivity index (χ4n) is 8.20. The molecule has 0 saturated carbocycles. The number of aromatic nitrogens is 4. The van der Waals surface area contributed by atoms with Crippen LogP contribution in [0.2, 0.25) is 0 Å². The molecule has 0 atom stereocenters. The summed E-state index contributed by atoms with van der Waals surface area (Å²) < 4.78 is 4.64. The molecule has 6 aromatic carbocycles. The van der Waals surface area contributed by atoms with Crippen LogP contribution in [0.1, 0.15) is 72.8 Å². The Hall–Kier alpha value is -6.08. The van der Waals surface area contributed by atoms with Crippen molar-refractivity contribution in [3.8, 4) is 11.4 Å². The molecular formula is C49H53N7+2. The van der Waals surface area contributed by atoms with Crippen molar-refractivity contribution in [2.75, 3.05) is 23.3 Å². The van der Waals surface area contributed by atoms with Crippen molar-refractivity contribution in [3.63, 3.8) is 0 Å². The number of nitrogens with zero attached hydrogens (tertiary/aromatic N) is 4. The van der Waals surface area contributed by atoms with Crippen LogP contribution in [0, 0.1) is 27.7 Å². The van der Waals surface area contributed by atoms with Gasteiger partial charge in [0.1, 0.15) is 22.1 Å². The van der Waals surface area contributed by atoms with Gasteiger partial charge in [-0.3, -0.25) is 0 Å². The van der Waals surface area contributed by atoms with Crippen LogP contribution in [-0.4, -0.2) is 16.5 Å². The Bertz CT molecular complexity index is 2680. The first-order valence-corrected chi connectivity index (χ1v) is 20.2. The molecule has 8 aromatic rings. The van der Waals surface area contributed by atoms with E-state index in [4.69, 9.17) is 21.4 Å². The summed E-state index contributed by atoms with van der Waals surface area (Å²) in [6, 6.07) is 38.4.